The van der Waals surface area contributed by atoms with Gasteiger partial charge in [0.25, 0.3) is 0 Å². The van der Waals surface area contributed by atoms with Gasteiger partial charge < -0.3 is 9.64 Å². The second kappa shape index (κ2) is 8.71. The number of rotatable bonds is 9. The molecule has 0 atom stereocenters. The molecule has 2 aromatic heterocycles. The summed E-state index contributed by atoms with van der Waals surface area (Å²) in [4.78, 5) is 2.61. The van der Waals surface area contributed by atoms with Gasteiger partial charge in [-0.15, -0.1) is 11.8 Å². The van der Waals surface area contributed by atoms with Crippen molar-refractivity contribution >= 4 is 23.0 Å². The number of fused-ring (bicyclic) bond motifs is 1. The van der Waals surface area contributed by atoms with E-state index in [9.17, 15) is 0 Å². The van der Waals surface area contributed by atoms with Gasteiger partial charge >= 0.3 is 0 Å². The summed E-state index contributed by atoms with van der Waals surface area (Å²) in [5.41, 5.74) is 6.70. The molecule has 0 spiro atoms. The topological polar surface area (TPSA) is 53.6 Å². The van der Waals surface area contributed by atoms with Gasteiger partial charge in [0.2, 0.25) is 0 Å². The smallest absolute Gasteiger partial charge is 0.174 e. The number of ether oxygens (including phenoxy) is 1. The summed E-state index contributed by atoms with van der Waals surface area (Å²) >= 11 is 1.73. The number of hydrogen-bond donors (Lipinski definition) is 0. The average molecular weight is 447 g/mol. The third kappa shape index (κ3) is 4.19. The molecule has 0 amide bonds. The molecule has 6 heteroatoms. The third-order valence-electron chi connectivity index (χ3n) is 6.45. The molecule has 5 rings (SSSR count). The van der Waals surface area contributed by atoms with E-state index >= 15 is 0 Å². The fourth-order valence-corrected chi connectivity index (χ4v) is 5.21. The number of anilines is 1. The maximum absolute atomic E-state index is 9.09. The molecule has 0 unspecified atom stereocenters. The molecule has 5 nitrogen and oxygen atoms in total. The Labute approximate surface area is 194 Å². The van der Waals surface area contributed by atoms with Gasteiger partial charge in [-0.1, -0.05) is 12.1 Å². The zero-order valence-electron chi connectivity index (χ0n) is 19.1. The maximum atomic E-state index is 9.09. The Morgan fingerprint density at radius 1 is 1.16 bits per heavy atom. The molecule has 1 aromatic carbocycles. The molecule has 2 heterocycles. The number of benzene rings is 1. The van der Waals surface area contributed by atoms with Crippen LogP contribution in [0.1, 0.15) is 36.8 Å². The van der Waals surface area contributed by atoms with Crippen LogP contribution in [0.25, 0.3) is 16.8 Å². The number of pyridine rings is 1. The van der Waals surface area contributed by atoms with Crippen LogP contribution in [0.2, 0.25) is 0 Å². The van der Waals surface area contributed by atoms with Gasteiger partial charge in [0.15, 0.2) is 6.61 Å². The lowest BCUT2D eigenvalue weighted by Gasteiger charge is -2.25. The van der Waals surface area contributed by atoms with Crippen molar-refractivity contribution in [2.75, 3.05) is 30.9 Å². The van der Waals surface area contributed by atoms with Gasteiger partial charge in [-0.25, -0.2) is 4.52 Å². The van der Waals surface area contributed by atoms with Crippen LogP contribution >= 0.6 is 11.8 Å². The Kier molecular flexibility index (Phi) is 5.77. The van der Waals surface area contributed by atoms with E-state index in [0.29, 0.717) is 0 Å². The number of aromatic nitrogens is 2. The minimum atomic E-state index is 0.0306. The van der Waals surface area contributed by atoms with E-state index in [0.717, 1.165) is 63.6 Å². The molecule has 0 radical (unpaired) electrons. The molecule has 0 N–H and O–H groups in total. The SMILES string of the molecule is CSc1nn2c(-c3c(C)cc(C)cc3OCC#N)cccc2c1N(CC1CC1)CC1CC1. The van der Waals surface area contributed by atoms with E-state index in [4.69, 9.17) is 15.1 Å². The summed E-state index contributed by atoms with van der Waals surface area (Å²) < 4.78 is 7.95. The van der Waals surface area contributed by atoms with Crippen LogP contribution in [-0.4, -0.2) is 35.6 Å². The van der Waals surface area contributed by atoms with Crippen molar-refractivity contribution in [3.8, 4) is 23.1 Å². The van der Waals surface area contributed by atoms with E-state index in [1.54, 1.807) is 11.8 Å². The van der Waals surface area contributed by atoms with Crippen molar-refractivity contribution in [1.82, 2.24) is 9.61 Å². The second-order valence-electron chi connectivity index (χ2n) is 9.26. The highest BCUT2D eigenvalue weighted by Crippen LogP contribution is 2.42. The first-order valence-corrected chi connectivity index (χ1v) is 12.7. The molecule has 2 saturated carbocycles. The molecule has 166 valence electrons. The van der Waals surface area contributed by atoms with Crippen LogP contribution < -0.4 is 9.64 Å². The molecule has 0 bridgehead atoms. The predicted molar refractivity (Wildman–Crippen MR) is 131 cm³/mol. The summed E-state index contributed by atoms with van der Waals surface area (Å²) in [7, 11) is 0. The Morgan fingerprint density at radius 3 is 2.50 bits per heavy atom. The summed E-state index contributed by atoms with van der Waals surface area (Å²) in [5, 5.41) is 15.3. The van der Waals surface area contributed by atoms with Gasteiger partial charge in [-0.2, -0.15) is 10.4 Å². The van der Waals surface area contributed by atoms with Crippen molar-refractivity contribution in [3.05, 3.63) is 41.5 Å². The number of thioether (sulfide) groups is 1. The van der Waals surface area contributed by atoms with E-state index in [1.165, 1.54) is 31.4 Å². The fraction of sp³-hybridized carbons (Fsp3) is 0.462. The van der Waals surface area contributed by atoms with Crippen molar-refractivity contribution in [3.63, 3.8) is 0 Å². The van der Waals surface area contributed by atoms with E-state index in [2.05, 4.69) is 59.9 Å². The minimum Gasteiger partial charge on any atom is -0.478 e. The van der Waals surface area contributed by atoms with Crippen LogP contribution in [0.3, 0.4) is 0 Å². The van der Waals surface area contributed by atoms with Crippen LogP contribution in [-0.2, 0) is 0 Å². The predicted octanol–water partition coefficient (Wildman–Crippen LogP) is 5.87. The van der Waals surface area contributed by atoms with Gasteiger partial charge in [0, 0.05) is 18.7 Å². The molecule has 0 saturated heterocycles. The molecule has 32 heavy (non-hydrogen) atoms. The number of hydrogen-bond acceptors (Lipinski definition) is 5. The molecule has 0 aliphatic heterocycles. The maximum Gasteiger partial charge on any atom is 0.174 e. The number of nitriles is 1. The van der Waals surface area contributed by atoms with Crippen molar-refractivity contribution in [2.24, 2.45) is 11.8 Å². The highest BCUT2D eigenvalue weighted by atomic mass is 32.2. The van der Waals surface area contributed by atoms with Crippen molar-refractivity contribution in [2.45, 2.75) is 44.6 Å². The summed E-state index contributed by atoms with van der Waals surface area (Å²) in [6.45, 7) is 6.46. The minimum absolute atomic E-state index is 0.0306. The average Bonchev–Trinajstić information content (AvgIpc) is 3.71. The normalized spacial score (nSPS) is 15.7. The molecular weight excluding hydrogens is 416 g/mol. The van der Waals surface area contributed by atoms with E-state index in [-0.39, 0.29) is 6.61 Å². The van der Waals surface area contributed by atoms with Gasteiger partial charge in [-0.05, 0) is 86.9 Å². The van der Waals surface area contributed by atoms with Crippen molar-refractivity contribution < 1.29 is 4.74 Å². The van der Waals surface area contributed by atoms with Crippen LogP contribution in [0.15, 0.2) is 35.4 Å². The lowest BCUT2D eigenvalue weighted by molar-refractivity contribution is 0.369. The van der Waals surface area contributed by atoms with Crippen LogP contribution in [0, 0.1) is 37.0 Å². The van der Waals surface area contributed by atoms with E-state index < -0.39 is 0 Å². The molecular formula is C26H30N4OS. The number of aryl methyl sites for hydroxylation is 2. The standard InChI is InChI=1S/C26H30N4OS/c1-17-13-18(2)24(23(14-17)31-12-11-27)21-5-4-6-22-25(26(32-3)28-30(21)22)29(15-19-7-8-19)16-20-9-10-20/h4-6,13-14,19-20H,7-10,12,15-16H2,1-3H3. The molecule has 3 aromatic rings. The monoisotopic (exact) mass is 446 g/mol. The zero-order valence-corrected chi connectivity index (χ0v) is 19.9. The number of nitrogens with zero attached hydrogens (tertiary/aromatic N) is 4. The third-order valence-corrected chi connectivity index (χ3v) is 7.11. The van der Waals surface area contributed by atoms with Gasteiger partial charge in [0.1, 0.15) is 16.8 Å². The Morgan fingerprint density at radius 2 is 1.88 bits per heavy atom. The highest BCUT2D eigenvalue weighted by molar-refractivity contribution is 7.98. The van der Waals surface area contributed by atoms with Crippen molar-refractivity contribution in [1.29, 1.82) is 5.26 Å². The van der Waals surface area contributed by atoms with Gasteiger partial charge in [0.05, 0.1) is 16.9 Å². The lowest BCUT2D eigenvalue weighted by Crippen LogP contribution is -2.28. The Hall–Kier alpha value is -2.65. The lowest BCUT2D eigenvalue weighted by atomic mass is 10.0. The van der Waals surface area contributed by atoms with E-state index in [1.807, 2.05) is 6.07 Å². The first-order valence-electron chi connectivity index (χ1n) is 11.5. The Balaban J connectivity index is 1.66. The summed E-state index contributed by atoms with van der Waals surface area (Å²) in [5.74, 6) is 2.39. The summed E-state index contributed by atoms with van der Waals surface area (Å²) in [6.07, 6.45) is 7.52. The fourth-order valence-electron chi connectivity index (χ4n) is 4.62. The zero-order chi connectivity index (χ0) is 22.2. The molecule has 2 fully saturated rings. The largest absolute Gasteiger partial charge is 0.478 e. The van der Waals surface area contributed by atoms with Crippen LogP contribution in [0.4, 0.5) is 5.69 Å². The van der Waals surface area contributed by atoms with Crippen LogP contribution in [0.5, 0.6) is 5.75 Å². The molecule has 2 aliphatic carbocycles. The first-order chi connectivity index (χ1) is 15.6. The summed E-state index contributed by atoms with van der Waals surface area (Å²) in [6, 6.07) is 12.7. The Bertz CT molecular complexity index is 1170. The van der Waals surface area contributed by atoms with Gasteiger partial charge in [-0.3, -0.25) is 0 Å². The highest BCUT2D eigenvalue weighted by Gasteiger charge is 2.32. The first kappa shape index (κ1) is 21.2. The second-order valence-corrected chi connectivity index (χ2v) is 10.1. The molecule has 2 aliphatic rings. The quantitative estimate of drug-likeness (QED) is 0.385.